The van der Waals surface area contributed by atoms with Gasteiger partial charge >= 0.3 is 0 Å². The van der Waals surface area contributed by atoms with Gasteiger partial charge in [0.2, 0.25) is 0 Å². The van der Waals surface area contributed by atoms with Crippen molar-refractivity contribution in [1.29, 1.82) is 0 Å². The van der Waals surface area contributed by atoms with Gasteiger partial charge in [0.15, 0.2) is 0 Å². The van der Waals surface area contributed by atoms with Crippen LogP contribution in [0.25, 0.3) is 0 Å². The Kier molecular flexibility index (Phi) is 4.00. The molecule has 22 heavy (non-hydrogen) atoms. The van der Waals surface area contributed by atoms with Gasteiger partial charge in [-0.25, -0.2) is 0 Å². The highest BCUT2D eigenvalue weighted by Crippen LogP contribution is 2.23. The van der Waals surface area contributed by atoms with E-state index in [4.69, 9.17) is 5.73 Å². The first-order valence-corrected chi connectivity index (χ1v) is 7.60. The van der Waals surface area contributed by atoms with Gasteiger partial charge in [-0.3, -0.25) is 4.79 Å². The van der Waals surface area contributed by atoms with Gasteiger partial charge < -0.3 is 15.5 Å². The van der Waals surface area contributed by atoms with E-state index < -0.39 is 0 Å². The first-order valence-electron chi connectivity index (χ1n) is 7.60. The van der Waals surface area contributed by atoms with Crippen LogP contribution in [-0.2, 0) is 0 Å². The minimum absolute atomic E-state index is 0.120. The molecule has 2 aromatic carbocycles. The predicted octanol–water partition coefficient (Wildman–Crippen LogP) is 2.54. The van der Waals surface area contributed by atoms with Crippen LogP contribution in [0.2, 0.25) is 0 Å². The number of aryl methyl sites for hydroxylation is 1. The molecule has 0 spiro atoms. The standard InChI is InChI=1S/C18H21N3O/c1-14-13-16(19)7-8-17(14)20-9-11-21(12-10-20)18(22)15-5-3-2-4-6-15/h2-8,13H,9-12,19H2,1H3. The number of nitrogen functional groups attached to an aromatic ring is 1. The Morgan fingerprint density at radius 1 is 1.00 bits per heavy atom. The zero-order valence-corrected chi connectivity index (χ0v) is 12.8. The molecule has 2 aromatic rings. The molecule has 0 unspecified atom stereocenters. The summed E-state index contributed by atoms with van der Waals surface area (Å²) in [4.78, 5) is 16.7. The van der Waals surface area contributed by atoms with Gasteiger partial charge in [-0.15, -0.1) is 0 Å². The second-order valence-electron chi connectivity index (χ2n) is 5.69. The number of anilines is 2. The van der Waals surface area contributed by atoms with Crippen LogP contribution >= 0.6 is 0 Å². The van der Waals surface area contributed by atoms with Crippen LogP contribution in [0.5, 0.6) is 0 Å². The van der Waals surface area contributed by atoms with Crippen LogP contribution < -0.4 is 10.6 Å². The maximum atomic E-state index is 12.4. The van der Waals surface area contributed by atoms with Gasteiger partial charge in [0, 0.05) is 43.1 Å². The molecular formula is C18H21N3O. The molecule has 3 rings (SSSR count). The van der Waals surface area contributed by atoms with Crippen molar-refractivity contribution < 1.29 is 4.79 Å². The van der Waals surface area contributed by atoms with Gasteiger partial charge in [0.1, 0.15) is 0 Å². The summed E-state index contributed by atoms with van der Waals surface area (Å²) in [5.74, 6) is 0.120. The van der Waals surface area contributed by atoms with Crippen LogP contribution in [0.3, 0.4) is 0 Å². The monoisotopic (exact) mass is 295 g/mol. The molecule has 1 fully saturated rings. The summed E-state index contributed by atoms with van der Waals surface area (Å²) in [6, 6.07) is 15.5. The third-order valence-electron chi connectivity index (χ3n) is 4.15. The smallest absolute Gasteiger partial charge is 0.253 e. The Morgan fingerprint density at radius 3 is 2.32 bits per heavy atom. The first kappa shape index (κ1) is 14.4. The summed E-state index contributed by atoms with van der Waals surface area (Å²) >= 11 is 0. The number of piperazine rings is 1. The summed E-state index contributed by atoms with van der Waals surface area (Å²) < 4.78 is 0. The molecule has 0 saturated carbocycles. The molecule has 1 saturated heterocycles. The molecule has 0 aromatic heterocycles. The maximum Gasteiger partial charge on any atom is 0.253 e. The van der Waals surface area contributed by atoms with Crippen molar-refractivity contribution in [2.75, 3.05) is 36.8 Å². The lowest BCUT2D eigenvalue weighted by Crippen LogP contribution is -2.49. The summed E-state index contributed by atoms with van der Waals surface area (Å²) in [6.45, 7) is 5.27. The zero-order valence-electron chi connectivity index (χ0n) is 12.8. The highest BCUT2D eigenvalue weighted by atomic mass is 16.2. The second kappa shape index (κ2) is 6.10. The van der Waals surface area contributed by atoms with Crippen molar-refractivity contribution >= 4 is 17.3 Å². The fraction of sp³-hybridized carbons (Fsp3) is 0.278. The number of rotatable bonds is 2. The largest absolute Gasteiger partial charge is 0.399 e. The number of hydrogen-bond donors (Lipinski definition) is 1. The summed E-state index contributed by atoms with van der Waals surface area (Å²) in [5, 5.41) is 0. The molecule has 0 aliphatic carbocycles. The van der Waals surface area contributed by atoms with E-state index in [1.165, 1.54) is 11.3 Å². The number of carbonyl (C=O) groups is 1. The maximum absolute atomic E-state index is 12.4. The van der Waals surface area contributed by atoms with Crippen LogP contribution in [0.15, 0.2) is 48.5 Å². The molecule has 0 bridgehead atoms. The summed E-state index contributed by atoms with van der Waals surface area (Å²) in [6.07, 6.45) is 0. The van der Waals surface area contributed by atoms with Crippen LogP contribution in [0.1, 0.15) is 15.9 Å². The zero-order chi connectivity index (χ0) is 15.5. The molecule has 1 aliphatic heterocycles. The molecule has 4 heteroatoms. The van der Waals surface area contributed by atoms with Crippen molar-refractivity contribution in [1.82, 2.24) is 4.90 Å². The number of nitrogens with zero attached hydrogens (tertiary/aromatic N) is 2. The number of amides is 1. The molecule has 1 heterocycles. The lowest BCUT2D eigenvalue weighted by atomic mass is 10.1. The Morgan fingerprint density at radius 2 is 1.68 bits per heavy atom. The number of nitrogens with two attached hydrogens (primary N) is 1. The molecule has 0 atom stereocenters. The van der Waals surface area contributed by atoms with Crippen molar-refractivity contribution in [2.24, 2.45) is 0 Å². The van der Waals surface area contributed by atoms with Crippen LogP contribution in [0.4, 0.5) is 11.4 Å². The average molecular weight is 295 g/mol. The molecular weight excluding hydrogens is 274 g/mol. The topological polar surface area (TPSA) is 49.6 Å². The van der Waals surface area contributed by atoms with E-state index in [2.05, 4.69) is 17.9 Å². The highest BCUT2D eigenvalue weighted by Gasteiger charge is 2.22. The number of benzene rings is 2. The Hall–Kier alpha value is -2.49. The molecule has 0 radical (unpaired) electrons. The predicted molar refractivity (Wildman–Crippen MR) is 90.1 cm³/mol. The van der Waals surface area contributed by atoms with E-state index in [0.717, 1.165) is 37.4 Å². The second-order valence-corrected chi connectivity index (χ2v) is 5.69. The van der Waals surface area contributed by atoms with E-state index in [1.54, 1.807) is 0 Å². The number of carbonyl (C=O) groups excluding carboxylic acids is 1. The first-order chi connectivity index (χ1) is 10.6. The molecule has 114 valence electrons. The third-order valence-corrected chi connectivity index (χ3v) is 4.15. The fourth-order valence-corrected chi connectivity index (χ4v) is 2.95. The van der Waals surface area contributed by atoms with Crippen molar-refractivity contribution in [3.63, 3.8) is 0 Å². The minimum atomic E-state index is 0.120. The van der Waals surface area contributed by atoms with Crippen LogP contribution in [-0.4, -0.2) is 37.0 Å². The van der Waals surface area contributed by atoms with Gasteiger partial charge in [0.25, 0.3) is 5.91 Å². The Labute approximate surface area is 131 Å². The Bertz CT molecular complexity index is 661. The van der Waals surface area contributed by atoms with Crippen molar-refractivity contribution in [3.8, 4) is 0 Å². The Balaban J connectivity index is 1.66. The lowest BCUT2D eigenvalue weighted by Gasteiger charge is -2.37. The highest BCUT2D eigenvalue weighted by molar-refractivity contribution is 5.94. The van der Waals surface area contributed by atoms with Gasteiger partial charge in [0.05, 0.1) is 0 Å². The van der Waals surface area contributed by atoms with E-state index >= 15 is 0 Å². The molecule has 1 aliphatic rings. The average Bonchev–Trinajstić information content (AvgIpc) is 2.55. The third kappa shape index (κ3) is 2.91. The van der Waals surface area contributed by atoms with E-state index in [9.17, 15) is 4.79 Å². The SMILES string of the molecule is Cc1cc(N)ccc1N1CCN(C(=O)c2ccccc2)CC1. The molecule has 2 N–H and O–H groups in total. The minimum Gasteiger partial charge on any atom is -0.399 e. The van der Waals surface area contributed by atoms with E-state index in [0.29, 0.717) is 0 Å². The molecule has 4 nitrogen and oxygen atoms in total. The molecule has 1 amide bonds. The van der Waals surface area contributed by atoms with Crippen molar-refractivity contribution in [3.05, 3.63) is 59.7 Å². The summed E-state index contributed by atoms with van der Waals surface area (Å²) in [7, 11) is 0. The van der Waals surface area contributed by atoms with Crippen LogP contribution in [0, 0.1) is 6.92 Å². The summed E-state index contributed by atoms with van der Waals surface area (Å²) in [5.41, 5.74) is 9.76. The van der Waals surface area contributed by atoms with E-state index in [1.807, 2.05) is 47.4 Å². The fourth-order valence-electron chi connectivity index (χ4n) is 2.95. The normalized spacial score (nSPS) is 15.0. The van der Waals surface area contributed by atoms with Crippen molar-refractivity contribution in [2.45, 2.75) is 6.92 Å². The van der Waals surface area contributed by atoms with E-state index in [-0.39, 0.29) is 5.91 Å². The quantitative estimate of drug-likeness (QED) is 0.866. The van der Waals surface area contributed by atoms with Gasteiger partial charge in [-0.05, 0) is 42.8 Å². The van der Waals surface area contributed by atoms with Gasteiger partial charge in [-0.2, -0.15) is 0 Å². The van der Waals surface area contributed by atoms with Gasteiger partial charge in [-0.1, -0.05) is 18.2 Å². The number of hydrogen-bond acceptors (Lipinski definition) is 3. The lowest BCUT2D eigenvalue weighted by molar-refractivity contribution is 0.0747.